The molecule has 1 aliphatic rings. The van der Waals surface area contributed by atoms with Crippen LogP contribution in [0.25, 0.3) is 0 Å². The molecular formula is C11H10FN3O2S. The van der Waals surface area contributed by atoms with E-state index in [0.717, 1.165) is 0 Å². The molecule has 1 aromatic rings. The standard InChI is InChI=1S/C11H10FN3O2S/c1-17-9-3-2-8(12)4-7(9)5-13-15-11-14-10(16)6-18-11/h2-5H,6H2,1H3,(H,14,15,16). The molecule has 2 rings (SSSR count). The van der Waals surface area contributed by atoms with Crippen molar-refractivity contribution in [2.24, 2.45) is 10.2 Å². The lowest BCUT2D eigenvalue weighted by Gasteiger charge is -2.02. The molecule has 0 spiro atoms. The number of halogens is 1. The predicted molar refractivity (Wildman–Crippen MR) is 68.6 cm³/mol. The first-order valence-corrected chi connectivity index (χ1v) is 6.05. The summed E-state index contributed by atoms with van der Waals surface area (Å²) in [5, 5.41) is 10.6. The van der Waals surface area contributed by atoms with Crippen molar-refractivity contribution in [3.63, 3.8) is 0 Å². The largest absolute Gasteiger partial charge is 0.496 e. The lowest BCUT2D eigenvalue weighted by atomic mass is 10.2. The van der Waals surface area contributed by atoms with Crippen LogP contribution in [0.5, 0.6) is 5.75 Å². The molecule has 18 heavy (non-hydrogen) atoms. The van der Waals surface area contributed by atoms with Crippen molar-refractivity contribution >= 4 is 29.1 Å². The van der Waals surface area contributed by atoms with Crippen molar-refractivity contribution in [1.29, 1.82) is 0 Å². The van der Waals surface area contributed by atoms with Crippen molar-refractivity contribution in [1.82, 2.24) is 5.32 Å². The van der Waals surface area contributed by atoms with Gasteiger partial charge >= 0.3 is 0 Å². The number of amides is 1. The minimum Gasteiger partial charge on any atom is -0.496 e. The number of benzene rings is 1. The Morgan fingerprint density at radius 1 is 1.56 bits per heavy atom. The molecule has 1 heterocycles. The SMILES string of the molecule is COc1ccc(F)cc1C=NN=C1NC(=O)CS1. The first-order valence-electron chi connectivity index (χ1n) is 5.06. The molecule has 0 bridgehead atoms. The van der Waals surface area contributed by atoms with E-state index in [9.17, 15) is 9.18 Å². The number of rotatable bonds is 3. The van der Waals surface area contributed by atoms with Crippen molar-refractivity contribution in [2.45, 2.75) is 0 Å². The Labute approximate surface area is 107 Å². The van der Waals surface area contributed by atoms with E-state index in [2.05, 4.69) is 15.5 Å². The van der Waals surface area contributed by atoms with E-state index in [1.807, 2.05) is 0 Å². The predicted octanol–water partition coefficient (Wildman–Crippen LogP) is 1.39. The molecule has 0 radical (unpaired) electrons. The molecular weight excluding hydrogens is 257 g/mol. The lowest BCUT2D eigenvalue weighted by Crippen LogP contribution is -2.19. The molecule has 1 fully saturated rings. The molecule has 1 N–H and O–H groups in total. The van der Waals surface area contributed by atoms with Gasteiger partial charge in [0.25, 0.3) is 0 Å². The number of hydrogen-bond donors (Lipinski definition) is 1. The number of hydrogen-bond acceptors (Lipinski definition) is 5. The Morgan fingerprint density at radius 2 is 2.39 bits per heavy atom. The molecule has 0 unspecified atom stereocenters. The van der Waals surface area contributed by atoms with Gasteiger partial charge in [0.15, 0.2) is 5.17 Å². The Bertz CT molecular complexity index is 531. The summed E-state index contributed by atoms with van der Waals surface area (Å²) < 4.78 is 18.1. The Balaban J connectivity index is 2.13. The van der Waals surface area contributed by atoms with Gasteiger partial charge in [-0.25, -0.2) is 4.39 Å². The van der Waals surface area contributed by atoms with Crippen LogP contribution in [0.2, 0.25) is 0 Å². The maximum Gasteiger partial charge on any atom is 0.236 e. The topological polar surface area (TPSA) is 63.1 Å². The molecule has 7 heteroatoms. The van der Waals surface area contributed by atoms with Gasteiger partial charge in [0, 0.05) is 5.56 Å². The minimum atomic E-state index is -0.381. The van der Waals surface area contributed by atoms with Gasteiger partial charge in [0.1, 0.15) is 11.6 Å². The summed E-state index contributed by atoms with van der Waals surface area (Å²) in [5.41, 5.74) is 0.483. The Hall–Kier alpha value is -1.89. The summed E-state index contributed by atoms with van der Waals surface area (Å²) in [5.74, 6) is 0.367. The number of amidine groups is 1. The fourth-order valence-corrected chi connectivity index (χ4v) is 1.96. The van der Waals surface area contributed by atoms with Crippen LogP contribution in [0.4, 0.5) is 4.39 Å². The van der Waals surface area contributed by atoms with Crippen molar-refractivity contribution in [2.75, 3.05) is 12.9 Å². The molecule has 1 amide bonds. The molecule has 1 aliphatic heterocycles. The first-order chi connectivity index (χ1) is 8.69. The molecule has 1 saturated heterocycles. The second kappa shape index (κ2) is 5.63. The van der Waals surface area contributed by atoms with Gasteiger partial charge in [0.2, 0.25) is 5.91 Å². The van der Waals surface area contributed by atoms with E-state index in [1.54, 1.807) is 0 Å². The molecule has 0 saturated carbocycles. The van der Waals surface area contributed by atoms with E-state index < -0.39 is 0 Å². The number of ether oxygens (including phenoxy) is 1. The molecule has 0 aliphatic carbocycles. The average molecular weight is 267 g/mol. The fraction of sp³-hybridized carbons (Fsp3) is 0.182. The maximum absolute atomic E-state index is 13.0. The second-order valence-electron chi connectivity index (χ2n) is 3.37. The van der Waals surface area contributed by atoms with E-state index in [0.29, 0.717) is 22.2 Å². The summed E-state index contributed by atoms with van der Waals surface area (Å²) in [6.07, 6.45) is 1.37. The zero-order chi connectivity index (χ0) is 13.0. The third kappa shape index (κ3) is 3.07. The summed E-state index contributed by atoms with van der Waals surface area (Å²) in [6, 6.07) is 4.11. The maximum atomic E-state index is 13.0. The number of thioether (sulfide) groups is 1. The van der Waals surface area contributed by atoms with E-state index in [-0.39, 0.29) is 11.7 Å². The third-order valence-electron chi connectivity index (χ3n) is 2.12. The number of carbonyl (C=O) groups excluding carboxylic acids is 1. The van der Waals surface area contributed by atoms with Crippen molar-refractivity contribution in [3.8, 4) is 5.75 Å². The van der Waals surface area contributed by atoms with Crippen LogP contribution < -0.4 is 10.1 Å². The van der Waals surface area contributed by atoms with Crippen LogP contribution in [-0.4, -0.2) is 30.2 Å². The van der Waals surface area contributed by atoms with Gasteiger partial charge in [-0.2, -0.15) is 5.10 Å². The Kier molecular flexibility index (Phi) is 3.93. The summed E-state index contributed by atoms with van der Waals surface area (Å²) in [7, 11) is 1.49. The third-order valence-corrected chi connectivity index (χ3v) is 2.99. The van der Waals surface area contributed by atoms with E-state index in [1.165, 1.54) is 43.3 Å². The highest BCUT2D eigenvalue weighted by molar-refractivity contribution is 8.15. The normalized spacial score (nSPS) is 17.4. The monoisotopic (exact) mass is 267 g/mol. The van der Waals surface area contributed by atoms with Crippen LogP contribution >= 0.6 is 11.8 Å². The molecule has 5 nitrogen and oxygen atoms in total. The van der Waals surface area contributed by atoms with Crippen LogP contribution in [0, 0.1) is 5.82 Å². The Morgan fingerprint density at radius 3 is 3.06 bits per heavy atom. The number of nitrogens with one attached hydrogen (secondary N) is 1. The van der Waals surface area contributed by atoms with Gasteiger partial charge in [-0.15, -0.1) is 5.10 Å². The summed E-state index contributed by atoms with van der Waals surface area (Å²) >= 11 is 1.27. The van der Waals surface area contributed by atoms with Gasteiger partial charge < -0.3 is 10.1 Å². The molecule has 0 atom stereocenters. The van der Waals surface area contributed by atoms with Gasteiger partial charge in [0.05, 0.1) is 19.1 Å². The van der Waals surface area contributed by atoms with Crippen molar-refractivity contribution in [3.05, 3.63) is 29.6 Å². The highest BCUT2D eigenvalue weighted by atomic mass is 32.2. The molecule has 94 valence electrons. The fourth-order valence-electron chi connectivity index (χ4n) is 1.33. The van der Waals surface area contributed by atoms with Gasteiger partial charge in [-0.05, 0) is 18.2 Å². The van der Waals surface area contributed by atoms with Crippen LogP contribution in [0.15, 0.2) is 28.4 Å². The van der Waals surface area contributed by atoms with Gasteiger partial charge in [-0.1, -0.05) is 11.8 Å². The second-order valence-corrected chi connectivity index (χ2v) is 4.34. The highest BCUT2D eigenvalue weighted by Crippen LogP contribution is 2.17. The molecule has 0 aromatic heterocycles. The average Bonchev–Trinajstić information content (AvgIpc) is 2.75. The van der Waals surface area contributed by atoms with E-state index >= 15 is 0 Å². The number of carbonyl (C=O) groups is 1. The first kappa shape index (κ1) is 12.6. The summed E-state index contributed by atoms with van der Waals surface area (Å²) in [4.78, 5) is 10.9. The minimum absolute atomic E-state index is 0.0997. The zero-order valence-electron chi connectivity index (χ0n) is 9.51. The molecule has 1 aromatic carbocycles. The van der Waals surface area contributed by atoms with Crippen LogP contribution in [0.1, 0.15) is 5.56 Å². The lowest BCUT2D eigenvalue weighted by molar-refractivity contribution is -0.116. The highest BCUT2D eigenvalue weighted by Gasteiger charge is 2.15. The van der Waals surface area contributed by atoms with Gasteiger partial charge in [-0.3, -0.25) is 4.79 Å². The number of nitrogens with zero attached hydrogens (tertiary/aromatic N) is 2. The van der Waals surface area contributed by atoms with E-state index in [4.69, 9.17) is 4.74 Å². The number of methoxy groups -OCH3 is 1. The quantitative estimate of drug-likeness (QED) is 0.665. The zero-order valence-corrected chi connectivity index (χ0v) is 10.3. The summed E-state index contributed by atoms with van der Waals surface area (Å²) in [6.45, 7) is 0. The van der Waals surface area contributed by atoms with Crippen LogP contribution in [0.3, 0.4) is 0 Å². The van der Waals surface area contributed by atoms with Crippen molar-refractivity contribution < 1.29 is 13.9 Å². The smallest absolute Gasteiger partial charge is 0.236 e. The van der Waals surface area contributed by atoms with Crippen LogP contribution in [-0.2, 0) is 4.79 Å².